The number of hydrogen-bond donors (Lipinski definition) is 3. The number of rotatable bonds is 10. The maximum Gasteiger partial charge on any atom is 0.303 e. The summed E-state index contributed by atoms with van der Waals surface area (Å²) in [5, 5.41) is 11.4. The van der Waals surface area contributed by atoms with Crippen molar-refractivity contribution in [2.75, 3.05) is 6.54 Å². The summed E-state index contributed by atoms with van der Waals surface area (Å²) in [6.07, 6.45) is 8.77. The van der Waals surface area contributed by atoms with E-state index in [1.807, 2.05) is 6.08 Å². The maximum absolute atomic E-state index is 11.6. The van der Waals surface area contributed by atoms with Gasteiger partial charge in [0.15, 0.2) is 0 Å². The van der Waals surface area contributed by atoms with E-state index in [2.05, 4.69) is 11.4 Å². The zero-order valence-corrected chi connectivity index (χ0v) is 13.8. The van der Waals surface area contributed by atoms with E-state index in [1.54, 1.807) is 0 Å². The van der Waals surface area contributed by atoms with Crippen LogP contribution in [0.2, 0.25) is 0 Å². The predicted molar refractivity (Wildman–Crippen MR) is 86.9 cm³/mol. The van der Waals surface area contributed by atoms with Gasteiger partial charge in [0, 0.05) is 18.9 Å². The Kier molecular flexibility index (Phi) is 6.78. The van der Waals surface area contributed by atoms with Crippen molar-refractivity contribution in [3.63, 3.8) is 0 Å². The lowest BCUT2D eigenvalue weighted by Gasteiger charge is -2.27. The highest BCUT2D eigenvalue weighted by Crippen LogP contribution is 2.44. The largest absolute Gasteiger partial charge is 0.481 e. The van der Waals surface area contributed by atoms with Gasteiger partial charge in [0.2, 0.25) is 11.8 Å². The van der Waals surface area contributed by atoms with Crippen molar-refractivity contribution in [2.24, 2.45) is 17.6 Å². The molecule has 4 N–H and O–H groups in total. The summed E-state index contributed by atoms with van der Waals surface area (Å²) in [4.78, 5) is 32.8. The number of aliphatic carboxylic acids is 1. The monoisotopic (exact) mass is 338 g/mol. The summed E-state index contributed by atoms with van der Waals surface area (Å²) < 4.78 is 5.97. The maximum atomic E-state index is 11.6. The van der Waals surface area contributed by atoms with E-state index in [4.69, 9.17) is 15.6 Å². The quantitative estimate of drug-likeness (QED) is 0.312. The van der Waals surface area contributed by atoms with Gasteiger partial charge in [-0.25, -0.2) is 0 Å². The van der Waals surface area contributed by atoms with Crippen molar-refractivity contribution in [1.82, 2.24) is 5.32 Å². The number of unbranched alkanes of at least 4 members (excludes halogenated alkanes) is 1. The third kappa shape index (κ3) is 5.33. The van der Waals surface area contributed by atoms with Crippen LogP contribution in [-0.2, 0) is 19.1 Å². The molecule has 2 bridgehead atoms. The van der Waals surface area contributed by atoms with Crippen LogP contribution in [0.4, 0.5) is 0 Å². The van der Waals surface area contributed by atoms with Crippen molar-refractivity contribution >= 4 is 17.8 Å². The minimum Gasteiger partial charge on any atom is -0.481 e. The van der Waals surface area contributed by atoms with Crippen molar-refractivity contribution in [2.45, 2.75) is 57.2 Å². The average Bonchev–Trinajstić information content (AvgIpc) is 3.09. The lowest BCUT2D eigenvalue weighted by atomic mass is 9.77. The molecule has 2 fully saturated rings. The zero-order chi connectivity index (χ0) is 17.5. The number of nitrogens with two attached hydrogens (primary N) is 1. The first-order valence-corrected chi connectivity index (χ1v) is 8.54. The van der Waals surface area contributed by atoms with E-state index in [0.717, 1.165) is 25.7 Å². The fourth-order valence-corrected chi connectivity index (χ4v) is 3.67. The van der Waals surface area contributed by atoms with Crippen LogP contribution >= 0.6 is 0 Å². The number of carboxylic acids is 1. The summed E-state index contributed by atoms with van der Waals surface area (Å²) in [7, 11) is 0. The first-order valence-electron chi connectivity index (χ1n) is 8.54. The third-order valence-corrected chi connectivity index (χ3v) is 4.80. The smallest absolute Gasteiger partial charge is 0.303 e. The van der Waals surface area contributed by atoms with E-state index < -0.39 is 11.9 Å². The molecule has 0 aromatic carbocycles. The fraction of sp³-hybridized carbons (Fsp3) is 0.706. The summed E-state index contributed by atoms with van der Waals surface area (Å²) >= 11 is 0. The Bertz CT molecular complexity index is 505. The van der Waals surface area contributed by atoms with Crippen LogP contribution in [0.3, 0.4) is 0 Å². The Morgan fingerprint density at radius 3 is 2.54 bits per heavy atom. The second kappa shape index (κ2) is 8.82. The predicted octanol–water partition coefficient (Wildman–Crippen LogP) is 0.973. The Hall–Kier alpha value is -1.89. The highest BCUT2D eigenvalue weighted by Gasteiger charge is 2.47. The molecule has 2 aliphatic rings. The van der Waals surface area contributed by atoms with Crippen LogP contribution in [0.25, 0.3) is 0 Å². The molecular formula is C17H26N2O5. The van der Waals surface area contributed by atoms with Crippen molar-refractivity contribution in [3.8, 4) is 0 Å². The highest BCUT2D eigenvalue weighted by atomic mass is 16.5. The second-order valence-electron chi connectivity index (χ2n) is 6.56. The first-order chi connectivity index (χ1) is 11.5. The molecule has 2 heterocycles. The fourth-order valence-electron chi connectivity index (χ4n) is 3.67. The number of amides is 2. The van der Waals surface area contributed by atoms with Gasteiger partial charge in [0.1, 0.15) is 6.42 Å². The molecule has 134 valence electrons. The molecule has 0 aromatic rings. The van der Waals surface area contributed by atoms with Crippen molar-refractivity contribution < 1.29 is 24.2 Å². The zero-order valence-electron chi connectivity index (χ0n) is 13.8. The minimum absolute atomic E-state index is 0.175. The molecule has 7 heteroatoms. The molecule has 4 atom stereocenters. The molecule has 2 saturated heterocycles. The van der Waals surface area contributed by atoms with Gasteiger partial charge in [-0.15, -0.1) is 0 Å². The average molecular weight is 338 g/mol. The van der Waals surface area contributed by atoms with Gasteiger partial charge in [0.25, 0.3) is 0 Å². The van der Waals surface area contributed by atoms with E-state index in [0.29, 0.717) is 18.9 Å². The Labute approximate surface area is 141 Å². The molecule has 0 unspecified atom stereocenters. The standard InChI is InChI=1S/C17H26N2O5/c18-15(20)9-16(21)19-10-12-11(13-7-8-14(12)24-13)5-3-1-2-4-6-17(22)23/h1,3,11-14H,2,4-10H2,(H2,18,20)(H,19,21)(H,22,23)/t11-,12+,13-,14+/m1/s1. The minimum atomic E-state index is -0.767. The molecule has 0 spiro atoms. The Morgan fingerprint density at radius 2 is 1.88 bits per heavy atom. The van der Waals surface area contributed by atoms with E-state index in [9.17, 15) is 14.4 Å². The van der Waals surface area contributed by atoms with Gasteiger partial charge < -0.3 is 20.9 Å². The van der Waals surface area contributed by atoms with Gasteiger partial charge in [-0.3, -0.25) is 14.4 Å². The topological polar surface area (TPSA) is 119 Å². The van der Waals surface area contributed by atoms with E-state index in [1.165, 1.54) is 0 Å². The number of ether oxygens (including phenoxy) is 1. The summed E-state index contributed by atoms with van der Waals surface area (Å²) in [5.74, 6) is -1.12. The molecule has 0 radical (unpaired) electrons. The summed E-state index contributed by atoms with van der Waals surface area (Å²) in [5.41, 5.74) is 5.02. The summed E-state index contributed by atoms with van der Waals surface area (Å²) in [6.45, 7) is 0.505. The molecule has 24 heavy (non-hydrogen) atoms. The number of carbonyl (C=O) groups excluding carboxylic acids is 2. The van der Waals surface area contributed by atoms with E-state index >= 15 is 0 Å². The third-order valence-electron chi connectivity index (χ3n) is 4.80. The molecule has 0 aliphatic carbocycles. The first kappa shape index (κ1) is 18.4. The molecule has 0 saturated carbocycles. The second-order valence-corrected chi connectivity index (χ2v) is 6.56. The van der Waals surface area contributed by atoms with Crippen LogP contribution in [0.5, 0.6) is 0 Å². The number of nitrogens with one attached hydrogen (secondary N) is 1. The van der Waals surface area contributed by atoms with Gasteiger partial charge in [-0.1, -0.05) is 12.2 Å². The Morgan fingerprint density at radius 1 is 1.17 bits per heavy atom. The normalized spacial score (nSPS) is 28.3. The molecule has 0 aromatic heterocycles. The Balaban J connectivity index is 1.77. The van der Waals surface area contributed by atoms with Crippen LogP contribution in [0.1, 0.15) is 44.9 Å². The number of fused-ring (bicyclic) bond motifs is 2. The van der Waals surface area contributed by atoms with Crippen LogP contribution < -0.4 is 11.1 Å². The number of carboxylic acid groups (broad SMARTS) is 1. The lowest BCUT2D eigenvalue weighted by molar-refractivity contribution is -0.137. The van der Waals surface area contributed by atoms with Crippen LogP contribution in [-0.4, -0.2) is 41.6 Å². The van der Waals surface area contributed by atoms with E-state index in [-0.39, 0.29) is 36.9 Å². The van der Waals surface area contributed by atoms with Gasteiger partial charge in [-0.2, -0.15) is 0 Å². The number of allylic oxidation sites excluding steroid dienone is 2. The van der Waals surface area contributed by atoms with Crippen molar-refractivity contribution in [3.05, 3.63) is 12.2 Å². The van der Waals surface area contributed by atoms with Crippen molar-refractivity contribution in [1.29, 1.82) is 0 Å². The van der Waals surface area contributed by atoms with Gasteiger partial charge in [-0.05, 0) is 38.0 Å². The SMILES string of the molecule is NC(=O)CC(=O)NC[C@H]1[C@@H](CC=CCCCC(=O)O)[C@H]2CC[C@@H]1O2. The summed E-state index contributed by atoms with van der Waals surface area (Å²) in [6, 6.07) is 0. The number of carbonyl (C=O) groups is 3. The molecule has 2 amide bonds. The van der Waals surface area contributed by atoms with Crippen LogP contribution in [0, 0.1) is 11.8 Å². The molecular weight excluding hydrogens is 312 g/mol. The number of hydrogen-bond acceptors (Lipinski definition) is 4. The van der Waals surface area contributed by atoms with Gasteiger partial charge in [0.05, 0.1) is 12.2 Å². The number of primary amides is 1. The molecule has 7 nitrogen and oxygen atoms in total. The molecule has 2 aliphatic heterocycles. The van der Waals surface area contributed by atoms with Gasteiger partial charge >= 0.3 is 5.97 Å². The molecule has 2 rings (SSSR count). The lowest BCUT2D eigenvalue weighted by Crippen LogP contribution is -2.39. The van der Waals surface area contributed by atoms with Crippen LogP contribution in [0.15, 0.2) is 12.2 Å². The highest BCUT2D eigenvalue weighted by molar-refractivity contribution is 5.95.